The second-order valence-electron chi connectivity index (χ2n) is 9.58. The molecule has 3 atom stereocenters. The second-order valence-corrected chi connectivity index (χ2v) is 12.5. The van der Waals surface area contributed by atoms with E-state index in [1.807, 2.05) is 91.0 Å². The van der Waals surface area contributed by atoms with Gasteiger partial charge in [0.05, 0.1) is 18.9 Å². The van der Waals surface area contributed by atoms with Gasteiger partial charge in [0.2, 0.25) is 0 Å². The van der Waals surface area contributed by atoms with Crippen molar-refractivity contribution in [3.05, 3.63) is 96.6 Å². The second kappa shape index (κ2) is 12.5. The number of ether oxygens (including phenoxy) is 1. The molecule has 0 radical (unpaired) electrons. The molecule has 36 heavy (non-hydrogen) atoms. The van der Waals surface area contributed by atoms with Crippen LogP contribution < -0.4 is 15.9 Å². The van der Waals surface area contributed by atoms with Crippen molar-refractivity contribution in [2.45, 2.75) is 56.5 Å². The topological polar surface area (TPSA) is 75.6 Å². The number of carbonyl (C=O) groups excluding carboxylic acids is 1. The first-order chi connectivity index (χ1) is 17.6. The molecule has 1 saturated carbocycles. The number of aliphatic hydroxyl groups is 1. The molecule has 0 bridgehead atoms. The highest BCUT2D eigenvalue weighted by atomic mass is 31.2. The normalized spacial score (nSPS) is 17.2. The number of hydrogen-bond acceptors (Lipinski definition) is 5. The summed E-state index contributed by atoms with van der Waals surface area (Å²) in [7, 11) is -2.03. The van der Waals surface area contributed by atoms with Crippen LogP contribution in [0.25, 0.3) is 0 Å². The first-order valence-electron chi connectivity index (χ1n) is 12.8. The van der Waals surface area contributed by atoms with Gasteiger partial charge in [-0.05, 0) is 24.3 Å². The summed E-state index contributed by atoms with van der Waals surface area (Å²) in [5.74, 6) is -0.530. The number of methoxy groups -OCH3 is 1. The van der Waals surface area contributed by atoms with Gasteiger partial charge in [-0.2, -0.15) is 0 Å². The summed E-state index contributed by atoms with van der Waals surface area (Å²) in [6.07, 6.45) is 3.73. The third kappa shape index (κ3) is 5.81. The van der Waals surface area contributed by atoms with Crippen LogP contribution in [0.1, 0.15) is 37.7 Å². The van der Waals surface area contributed by atoms with Crippen LogP contribution in [0.3, 0.4) is 0 Å². The summed E-state index contributed by atoms with van der Waals surface area (Å²) in [4.78, 5) is 13.0. The minimum absolute atomic E-state index is 0.0191. The summed E-state index contributed by atoms with van der Waals surface area (Å²) < 4.78 is 20.5. The molecular formula is C30H36NO4P. The number of esters is 1. The molecule has 1 aliphatic rings. The third-order valence-corrected chi connectivity index (χ3v) is 11.0. The molecule has 6 heteroatoms. The fraction of sp³-hybridized carbons (Fsp3) is 0.367. The van der Waals surface area contributed by atoms with Crippen LogP contribution in [-0.2, 0) is 20.6 Å². The molecule has 2 N–H and O–H groups in total. The van der Waals surface area contributed by atoms with Crippen molar-refractivity contribution in [1.29, 1.82) is 0 Å². The van der Waals surface area contributed by atoms with Gasteiger partial charge in [-0.25, -0.2) is 0 Å². The maximum Gasteiger partial charge on any atom is 0.325 e. The van der Waals surface area contributed by atoms with E-state index in [0.29, 0.717) is 17.2 Å². The Morgan fingerprint density at radius 1 is 0.889 bits per heavy atom. The van der Waals surface area contributed by atoms with Gasteiger partial charge in [-0.1, -0.05) is 110 Å². The van der Waals surface area contributed by atoms with E-state index in [-0.39, 0.29) is 5.92 Å². The molecule has 190 valence electrons. The maximum atomic E-state index is 15.4. The predicted molar refractivity (Wildman–Crippen MR) is 145 cm³/mol. The molecule has 0 heterocycles. The quantitative estimate of drug-likeness (QED) is 0.310. The number of hydrogen-bond donors (Lipinski definition) is 2. The summed E-state index contributed by atoms with van der Waals surface area (Å²) >= 11 is 0. The number of nitrogens with one attached hydrogen (secondary N) is 1. The van der Waals surface area contributed by atoms with Crippen LogP contribution in [0.5, 0.6) is 0 Å². The molecule has 1 fully saturated rings. The van der Waals surface area contributed by atoms with Crippen LogP contribution in [0.15, 0.2) is 91.0 Å². The highest BCUT2D eigenvalue weighted by molar-refractivity contribution is 7.79. The molecule has 3 aromatic carbocycles. The molecule has 0 spiro atoms. The van der Waals surface area contributed by atoms with Gasteiger partial charge in [-0.15, -0.1) is 0 Å². The monoisotopic (exact) mass is 505 g/mol. The Balaban J connectivity index is 1.80. The number of aliphatic hydroxyl groups excluding tert-OH is 1. The largest absolute Gasteiger partial charge is 0.468 e. The van der Waals surface area contributed by atoms with E-state index >= 15 is 4.57 Å². The summed E-state index contributed by atoms with van der Waals surface area (Å²) in [6.45, 7) is 0.385. The Labute approximate surface area is 214 Å². The summed E-state index contributed by atoms with van der Waals surface area (Å²) in [5, 5.41) is 16.7. The van der Waals surface area contributed by atoms with Crippen molar-refractivity contribution in [2.24, 2.45) is 5.92 Å². The lowest BCUT2D eigenvalue weighted by molar-refractivity contribution is -0.146. The minimum atomic E-state index is -3.36. The Kier molecular flexibility index (Phi) is 9.14. The molecule has 4 rings (SSSR count). The van der Waals surface area contributed by atoms with E-state index in [2.05, 4.69) is 5.32 Å². The zero-order valence-electron chi connectivity index (χ0n) is 20.8. The van der Waals surface area contributed by atoms with Gasteiger partial charge in [0.15, 0.2) is 0 Å². The number of carbonyl (C=O) groups is 1. The molecule has 0 aromatic heterocycles. The molecular weight excluding hydrogens is 469 g/mol. The Hall–Kier alpha value is -2.72. The van der Waals surface area contributed by atoms with Crippen molar-refractivity contribution < 1.29 is 19.2 Å². The first-order valence-corrected chi connectivity index (χ1v) is 14.6. The van der Waals surface area contributed by atoms with Gasteiger partial charge in [0.1, 0.15) is 13.2 Å². The highest BCUT2D eigenvalue weighted by Gasteiger charge is 2.49. The van der Waals surface area contributed by atoms with E-state index in [9.17, 15) is 9.90 Å². The van der Waals surface area contributed by atoms with Gasteiger partial charge < -0.3 is 14.4 Å². The molecule has 5 nitrogen and oxygen atoms in total. The van der Waals surface area contributed by atoms with Gasteiger partial charge in [0, 0.05) is 17.2 Å². The number of rotatable bonds is 10. The SMILES string of the molecule is COC(=O)[C@@H](NCc1ccccc1)[C@@H](O)[C@H](C1CCCCC1)P(=O)(c1ccccc1)c1ccccc1. The minimum Gasteiger partial charge on any atom is -0.468 e. The lowest BCUT2D eigenvalue weighted by Gasteiger charge is -2.41. The molecule has 0 amide bonds. The van der Waals surface area contributed by atoms with Crippen LogP contribution >= 0.6 is 7.14 Å². The molecule has 0 aliphatic heterocycles. The lowest BCUT2D eigenvalue weighted by atomic mass is 9.83. The Morgan fingerprint density at radius 2 is 1.39 bits per heavy atom. The van der Waals surface area contributed by atoms with Crippen molar-refractivity contribution in [1.82, 2.24) is 5.32 Å². The fourth-order valence-electron chi connectivity index (χ4n) is 5.55. The van der Waals surface area contributed by atoms with Crippen molar-refractivity contribution in [3.63, 3.8) is 0 Å². The third-order valence-electron chi connectivity index (χ3n) is 7.35. The smallest absolute Gasteiger partial charge is 0.325 e. The molecule has 3 aromatic rings. The van der Waals surface area contributed by atoms with E-state index in [0.717, 1.165) is 37.7 Å². The van der Waals surface area contributed by atoms with Gasteiger partial charge in [-0.3, -0.25) is 10.1 Å². The van der Waals surface area contributed by atoms with Gasteiger partial charge >= 0.3 is 5.97 Å². The highest BCUT2D eigenvalue weighted by Crippen LogP contribution is 2.55. The predicted octanol–water partition coefficient (Wildman–Crippen LogP) is 4.64. The van der Waals surface area contributed by atoms with Crippen molar-refractivity contribution >= 4 is 23.7 Å². The van der Waals surface area contributed by atoms with E-state index in [1.165, 1.54) is 7.11 Å². The first kappa shape index (κ1) is 26.3. The number of benzene rings is 3. The van der Waals surface area contributed by atoms with E-state index in [4.69, 9.17) is 4.74 Å². The summed E-state index contributed by atoms with van der Waals surface area (Å²) in [6, 6.07) is 27.7. The lowest BCUT2D eigenvalue weighted by Crippen LogP contribution is -2.54. The van der Waals surface area contributed by atoms with Crippen LogP contribution in [0.4, 0.5) is 0 Å². The maximum absolute atomic E-state index is 15.4. The van der Waals surface area contributed by atoms with Gasteiger partial charge in [0.25, 0.3) is 0 Å². The zero-order valence-corrected chi connectivity index (χ0v) is 21.7. The van der Waals surface area contributed by atoms with Crippen LogP contribution in [0.2, 0.25) is 0 Å². The van der Waals surface area contributed by atoms with E-state index in [1.54, 1.807) is 0 Å². The molecule has 0 saturated heterocycles. The average molecular weight is 506 g/mol. The molecule has 0 unspecified atom stereocenters. The summed E-state index contributed by atoms with van der Waals surface area (Å²) in [5.41, 5.74) is 0.358. The standard InChI is InChI=1S/C30H36NO4P/c1-35-30(33)27(31-22-23-14-6-2-7-15-23)28(32)29(24-16-8-3-9-17-24)36(34,25-18-10-4-11-19-25)26-20-12-5-13-21-26/h2,4-7,10-15,18-21,24,27-29,31-32H,3,8-9,16-17,22H2,1H3/t27-,28+,29-/m0/s1. The van der Waals surface area contributed by atoms with Crippen LogP contribution in [-0.4, -0.2) is 36.0 Å². The molecule has 1 aliphatic carbocycles. The van der Waals surface area contributed by atoms with E-state index < -0.39 is 30.9 Å². The average Bonchev–Trinajstić information content (AvgIpc) is 2.95. The van der Waals surface area contributed by atoms with Crippen LogP contribution in [0, 0.1) is 5.92 Å². The van der Waals surface area contributed by atoms with Crippen molar-refractivity contribution in [3.8, 4) is 0 Å². The van der Waals surface area contributed by atoms with Crippen molar-refractivity contribution in [2.75, 3.05) is 7.11 Å². The fourth-order valence-corrected chi connectivity index (χ4v) is 9.26. The Morgan fingerprint density at radius 3 is 1.89 bits per heavy atom. The Bertz CT molecular complexity index is 1090. The zero-order chi connectivity index (χ0) is 25.4.